The largest absolute Gasteiger partial charge is 0.330 e. The minimum Gasteiger partial charge on any atom is -0.330 e. The first-order chi connectivity index (χ1) is 15.8. The lowest BCUT2D eigenvalue weighted by Gasteiger charge is -2.07. The minimum atomic E-state index is -0.297. The van der Waals surface area contributed by atoms with Gasteiger partial charge in [0.15, 0.2) is 11.4 Å². The molecule has 0 aliphatic heterocycles. The van der Waals surface area contributed by atoms with Crippen LogP contribution in [-0.2, 0) is 20.5 Å². The maximum atomic E-state index is 13.4. The van der Waals surface area contributed by atoms with Gasteiger partial charge in [0.2, 0.25) is 0 Å². The summed E-state index contributed by atoms with van der Waals surface area (Å²) < 4.78 is 18.7. The average molecular weight is 443 g/mol. The lowest BCUT2D eigenvalue weighted by atomic mass is 10.1. The van der Waals surface area contributed by atoms with Crippen molar-refractivity contribution in [2.75, 3.05) is 0 Å². The van der Waals surface area contributed by atoms with Crippen molar-refractivity contribution in [3.63, 3.8) is 0 Å². The molecule has 5 aromatic rings. The summed E-state index contributed by atoms with van der Waals surface area (Å²) in [6, 6.07) is 11.8. The van der Waals surface area contributed by atoms with Gasteiger partial charge in [-0.25, -0.2) is 18.9 Å². The Labute approximate surface area is 189 Å². The Balaban J connectivity index is 1.51. The van der Waals surface area contributed by atoms with Gasteiger partial charge in [-0.05, 0) is 56.3 Å². The Hall–Kier alpha value is -4.14. The van der Waals surface area contributed by atoms with Crippen LogP contribution in [0.1, 0.15) is 27.7 Å². The number of carbonyl (C=O) groups excluding carboxylic acids is 1. The average Bonchev–Trinajstić information content (AvgIpc) is 3.43. The van der Waals surface area contributed by atoms with Crippen LogP contribution in [0.2, 0.25) is 0 Å². The van der Waals surface area contributed by atoms with Gasteiger partial charge in [-0.1, -0.05) is 0 Å². The van der Waals surface area contributed by atoms with Crippen molar-refractivity contribution < 1.29 is 9.18 Å². The third-order valence-corrected chi connectivity index (χ3v) is 5.79. The Morgan fingerprint density at radius 3 is 2.45 bits per heavy atom. The second-order valence-electron chi connectivity index (χ2n) is 8.07. The minimum absolute atomic E-state index is 0.0943. The Morgan fingerprint density at radius 1 is 1.00 bits per heavy atom. The van der Waals surface area contributed by atoms with Gasteiger partial charge in [0.05, 0.1) is 29.7 Å². The Morgan fingerprint density at radius 2 is 1.76 bits per heavy atom. The molecule has 5 rings (SSSR count). The highest BCUT2D eigenvalue weighted by atomic mass is 19.1. The van der Waals surface area contributed by atoms with Crippen LogP contribution >= 0.6 is 0 Å². The zero-order chi connectivity index (χ0) is 23.3. The first-order valence-electron chi connectivity index (χ1n) is 10.5. The third-order valence-electron chi connectivity index (χ3n) is 5.79. The molecular formula is C24H22FN7O. The summed E-state index contributed by atoms with van der Waals surface area (Å²) in [5, 5.41) is 8.98. The maximum Gasteiger partial charge on any atom is 0.189 e. The number of aryl methyl sites for hydroxylation is 3. The van der Waals surface area contributed by atoms with Crippen LogP contribution in [0.25, 0.3) is 28.3 Å². The summed E-state index contributed by atoms with van der Waals surface area (Å²) in [7, 11) is 3.73. The predicted octanol–water partition coefficient (Wildman–Crippen LogP) is 3.71. The number of benzene rings is 1. The van der Waals surface area contributed by atoms with Crippen molar-refractivity contribution in [3.05, 3.63) is 77.4 Å². The summed E-state index contributed by atoms with van der Waals surface area (Å²) in [6.45, 7) is 3.82. The molecule has 0 bridgehead atoms. The number of rotatable bonds is 5. The molecule has 0 unspecified atom stereocenters. The van der Waals surface area contributed by atoms with Crippen LogP contribution in [0.15, 0.2) is 48.7 Å². The quantitative estimate of drug-likeness (QED) is 0.387. The highest BCUT2D eigenvalue weighted by Crippen LogP contribution is 2.31. The van der Waals surface area contributed by atoms with E-state index in [-0.39, 0.29) is 18.0 Å². The monoisotopic (exact) mass is 443 g/mol. The summed E-state index contributed by atoms with van der Waals surface area (Å²) in [4.78, 5) is 21.9. The number of ketones is 1. The van der Waals surface area contributed by atoms with E-state index in [1.54, 1.807) is 33.6 Å². The molecule has 0 radical (unpaired) electrons. The molecule has 9 heteroatoms. The number of carbonyl (C=O) groups is 1. The number of fused-ring (bicyclic) bond motifs is 1. The number of hydrogen-bond donors (Lipinski definition) is 0. The number of Topliss-reactive ketones (excluding diaryl/α,β-unsaturated/α-hetero) is 1. The van der Waals surface area contributed by atoms with E-state index < -0.39 is 0 Å². The molecular weight excluding hydrogens is 421 g/mol. The van der Waals surface area contributed by atoms with E-state index in [1.807, 2.05) is 44.6 Å². The smallest absolute Gasteiger partial charge is 0.189 e. The summed E-state index contributed by atoms with van der Waals surface area (Å²) in [5.74, 6) is 0.422. The third kappa shape index (κ3) is 3.71. The highest BCUT2D eigenvalue weighted by Gasteiger charge is 2.19. The zero-order valence-electron chi connectivity index (χ0n) is 18.7. The molecule has 1 aromatic carbocycles. The van der Waals surface area contributed by atoms with E-state index >= 15 is 0 Å². The lowest BCUT2D eigenvalue weighted by Crippen LogP contribution is -2.05. The van der Waals surface area contributed by atoms with Crippen LogP contribution in [0.3, 0.4) is 0 Å². The molecule has 0 fully saturated rings. The summed E-state index contributed by atoms with van der Waals surface area (Å²) in [5.41, 5.74) is 5.64. The van der Waals surface area contributed by atoms with Crippen molar-refractivity contribution in [1.82, 2.24) is 33.9 Å². The van der Waals surface area contributed by atoms with Crippen LogP contribution in [0, 0.1) is 19.7 Å². The second-order valence-corrected chi connectivity index (χ2v) is 8.07. The standard InChI is InChI=1S/C24H22FN7O/c1-14-11-20(28-31(14)4)21(33)12-18-13-32-22(27-18)10-9-19(29-32)24-23(26-15(2)30(24)3)16-5-7-17(25)8-6-16/h5-11,13H,12H2,1-4H3. The van der Waals surface area contributed by atoms with Gasteiger partial charge in [-0.2, -0.15) is 10.2 Å². The van der Waals surface area contributed by atoms with Crippen LogP contribution < -0.4 is 0 Å². The molecule has 0 atom stereocenters. The molecule has 33 heavy (non-hydrogen) atoms. The van der Waals surface area contributed by atoms with E-state index in [9.17, 15) is 9.18 Å². The fourth-order valence-electron chi connectivity index (χ4n) is 3.81. The predicted molar refractivity (Wildman–Crippen MR) is 121 cm³/mol. The van der Waals surface area contributed by atoms with Gasteiger partial charge in [-0.3, -0.25) is 9.48 Å². The van der Waals surface area contributed by atoms with Crippen molar-refractivity contribution in [2.45, 2.75) is 20.3 Å². The molecule has 0 aliphatic carbocycles. The van der Waals surface area contributed by atoms with E-state index in [0.717, 1.165) is 28.5 Å². The zero-order valence-corrected chi connectivity index (χ0v) is 18.7. The lowest BCUT2D eigenvalue weighted by molar-refractivity contribution is 0.0986. The van der Waals surface area contributed by atoms with E-state index in [1.165, 1.54) is 12.1 Å². The van der Waals surface area contributed by atoms with Gasteiger partial charge >= 0.3 is 0 Å². The SMILES string of the molecule is Cc1cc(C(=O)Cc2cn3nc(-c4c(-c5ccc(F)cc5)nc(C)n4C)ccc3n2)nn1C. The first-order valence-corrected chi connectivity index (χ1v) is 10.5. The highest BCUT2D eigenvalue weighted by molar-refractivity contribution is 5.95. The molecule has 0 saturated heterocycles. The Kier molecular flexibility index (Phi) is 4.88. The fraction of sp³-hybridized carbons (Fsp3) is 0.208. The second kappa shape index (κ2) is 7.77. The number of hydrogen-bond acceptors (Lipinski definition) is 5. The van der Waals surface area contributed by atoms with Gasteiger partial charge in [0, 0.05) is 25.4 Å². The topological polar surface area (TPSA) is 82.9 Å². The molecule has 166 valence electrons. The number of nitrogens with zero attached hydrogens (tertiary/aromatic N) is 7. The van der Waals surface area contributed by atoms with Gasteiger partial charge in [-0.15, -0.1) is 0 Å². The first kappa shape index (κ1) is 20.7. The van der Waals surface area contributed by atoms with Crippen LogP contribution in [0.5, 0.6) is 0 Å². The van der Waals surface area contributed by atoms with Crippen molar-refractivity contribution in [1.29, 1.82) is 0 Å². The van der Waals surface area contributed by atoms with Gasteiger partial charge in [0.25, 0.3) is 0 Å². The molecule has 0 N–H and O–H groups in total. The van der Waals surface area contributed by atoms with Crippen LogP contribution in [0.4, 0.5) is 4.39 Å². The molecule has 4 heterocycles. The molecule has 4 aromatic heterocycles. The number of aromatic nitrogens is 7. The van der Waals surface area contributed by atoms with E-state index in [2.05, 4.69) is 15.1 Å². The van der Waals surface area contributed by atoms with E-state index in [4.69, 9.17) is 5.10 Å². The number of imidazole rings is 2. The molecule has 0 aliphatic rings. The summed E-state index contributed by atoms with van der Waals surface area (Å²) >= 11 is 0. The van der Waals surface area contributed by atoms with Crippen molar-refractivity contribution >= 4 is 11.4 Å². The fourth-order valence-corrected chi connectivity index (χ4v) is 3.81. The molecule has 0 spiro atoms. The molecule has 8 nitrogen and oxygen atoms in total. The van der Waals surface area contributed by atoms with Crippen molar-refractivity contribution in [2.24, 2.45) is 14.1 Å². The van der Waals surface area contributed by atoms with Crippen LogP contribution in [-0.4, -0.2) is 39.7 Å². The van der Waals surface area contributed by atoms with Gasteiger partial charge < -0.3 is 4.57 Å². The van der Waals surface area contributed by atoms with Crippen molar-refractivity contribution in [3.8, 4) is 22.6 Å². The number of halogens is 1. The maximum absolute atomic E-state index is 13.4. The van der Waals surface area contributed by atoms with Gasteiger partial charge in [0.1, 0.15) is 23.0 Å². The molecule has 0 amide bonds. The summed E-state index contributed by atoms with van der Waals surface area (Å²) in [6.07, 6.45) is 1.90. The normalized spacial score (nSPS) is 11.4. The Bertz CT molecular complexity index is 1490. The van der Waals surface area contributed by atoms with E-state index in [0.29, 0.717) is 22.7 Å². The molecule has 0 saturated carbocycles.